The van der Waals surface area contributed by atoms with E-state index in [1.54, 1.807) is 6.20 Å². The fourth-order valence-electron chi connectivity index (χ4n) is 1.03. The average molecular weight is 152 g/mol. The number of rotatable bonds is 1. The monoisotopic (exact) mass is 152 g/mol. The normalized spacial score (nSPS) is 13.5. The Labute approximate surface area is 63.9 Å². The Balaban J connectivity index is 2.50. The highest BCUT2D eigenvalue weighted by Crippen LogP contribution is 2.32. The molecule has 1 aliphatic heterocycles. The van der Waals surface area contributed by atoms with Crippen molar-refractivity contribution < 1.29 is 9.47 Å². The Morgan fingerprint density at radius 3 is 3.27 bits per heavy atom. The van der Waals surface area contributed by atoms with E-state index in [2.05, 4.69) is 4.98 Å². The molecule has 0 aliphatic carbocycles. The van der Waals surface area contributed by atoms with Gasteiger partial charge in [0, 0.05) is 18.3 Å². The molecule has 0 unspecified atom stereocenters. The molecule has 0 bridgehead atoms. The van der Waals surface area contributed by atoms with Crippen LogP contribution in [-0.4, -0.2) is 11.8 Å². The molecule has 0 saturated carbocycles. The molecule has 1 aromatic rings. The van der Waals surface area contributed by atoms with Gasteiger partial charge in [-0.1, -0.05) is 0 Å². The van der Waals surface area contributed by atoms with E-state index in [4.69, 9.17) is 15.2 Å². The lowest BCUT2D eigenvalue weighted by Crippen LogP contribution is -1.98. The van der Waals surface area contributed by atoms with E-state index in [1.165, 1.54) is 0 Å². The Morgan fingerprint density at radius 2 is 2.45 bits per heavy atom. The maximum atomic E-state index is 5.46. The lowest BCUT2D eigenvalue weighted by molar-refractivity contribution is 0.170. The molecule has 0 radical (unpaired) electrons. The third-order valence-electron chi connectivity index (χ3n) is 1.57. The Hall–Kier alpha value is -1.29. The van der Waals surface area contributed by atoms with Gasteiger partial charge < -0.3 is 15.2 Å². The number of hydrogen-bond donors (Lipinski definition) is 1. The van der Waals surface area contributed by atoms with E-state index < -0.39 is 0 Å². The number of pyridine rings is 1. The maximum Gasteiger partial charge on any atom is 0.260 e. The molecular weight excluding hydrogens is 144 g/mol. The maximum absolute atomic E-state index is 5.46. The van der Waals surface area contributed by atoms with Crippen LogP contribution in [0.3, 0.4) is 0 Å². The second-order valence-electron chi connectivity index (χ2n) is 2.22. The molecule has 58 valence electrons. The zero-order valence-electron chi connectivity index (χ0n) is 5.91. The number of ether oxygens (including phenoxy) is 2. The molecule has 0 spiro atoms. The first-order valence-corrected chi connectivity index (χ1v) is 3.35. The zero-order valence-corrected chi connectivity index (χ0v) is 5.91. The quantitative estimate of drug-likeness (QED) is 0.627. The highest BCUT2D eigenvalue weighted by molar-refractivity contribution is 5.42. The first-order valence-electron chi connectivity index (χ1n) is 3.35. The molecule has 2 rings (SSSR count). The van der Waals surface area contributed by atoms with Gasteiger partial charge in [-0.15, -0.1) is 0 Å². The van der Waals surface area contributed by atoms with Crippen molar-refractivity contribution in [2.45, 2.75) is 6.54 Å². The van der Waals surface area contributed by atoms with Crippen LogP contribution in [0.2, 0.25) is 0 Å². The van der Waals surface area contributed by atoms with Crippen LogP contribution in [-0.2, 0) is 6.54 Å². The molecule has 4 nitrogen and oxygen atoms in total. The molecule has 0 amide bonds. The second kappa shape index (κ2) is 2.39. The molecule has 0 fully saturated rings. The zero-order chi connectivity index (χ0) is 7.68. The van der Waals surface area contributed by atoms with Crippen molar-refractivity contribution in [2.75, 3.05) is 6.79 Å². The van der Waals surface area contributed by atoms with Gasteiger partial charge in [0.1, 0.15) is 0 Å². The van der Waals surface area contributed by atoms with Gasteiger partial charge >= 0.3 is 0 Å². The fourth-order valence-corrected chi connectivity index (χ4v) is 1.03. The summed E-state index contributed by atoms with van der Waals surface area (Å²) in [6.45, 7) is 0.702. The van der Waals surface area contributed by atoms with E-state index in [-0.39, 0.29) is 6.79 Å². The van der Waals surface area contributed by atoms with E-state index in [0.717, 1.165) is 5.56 Å². The summed E-state index contributed by atoms with van der Waals surface area (Å²) < 4.78 is 10.2. The molecule has 2 N–H and O–H groups in total. The standard InChI is InChI=1S/C7H8N2O2/c8-3-5-1-2-9-7-6(5)10-4-11-7/h1-2H,3-4,8H2. The summed E-state index contributed by atoms with van der Waals surface area (Å²) in [5, 5.41) is 0. The van der Waals surface area contributed by atoms with Crippen molar-refractivity contribution in [3.63, 3.8) is 0 Å². The molecule has 1 aliphatic rings. The predicted octanol–water partition coefficient (Wildman–Crippen LogP) is 0.269. The van der Waals surface area contributed by atoms with Crippen molar-refractivity contribution in [2.24, 2.45) is 5.73 Å². The van der Waals surface area contributed by atoms with Gasteiger partial charge in [0.25, 0.3) is 5.88 Å². The van der Waals surface area contributed by atoms with Crippen LogP contribution in [0.1, 0.15) is 5.56 Å². The minimum atomic E-state index is 0.249. The van der Waals surface area contributed by atoms with Crippen LogP contribution >= 0.6 is 0 Å². The van der Waals surface area contributed by atoms with E-state index in [0.29, 0.717) is 18.2 Å². The van der Waals surface area contributed by atoms with Gasteiger partial charge in [-0.05, 0) is 6.07 Å². The highest BCUT2D eigenvalue weighted by atomic mass is 16.7. The number of hydrogen-bond acceptors (Lipinski definition) is 4. The van der Waals surface area contributed by atoms with Crippen LogP contribution in [0.25, 0.3) is 0 Å². The summed E-state index contributed by atoms with van der Waals surface area (Å²) in [6, 6.07) is 1.83. The van der Waals surface area contributed by atoms with Crippen LogP contribution < -0.4 is 15.2 Å². The smallest absolute Gasteiger partial charge is 0.260 e. The summed E-state index contributed by atoms with van der Waals surface area (Å²) in [4.78, 5) is 3.97. The molecule has 0 saturated heterocycles. The number of aromatic nitrogens is 1. The van der Waals surface area contributed by atoms with Crippen molar-refractivity contribution in [1.29, 1.82) is 0 Å². The van der Waals surface area contributed by atoms with Gasteiger partial charge in [-0.3, -0.25) is 0 Å². The Bertz CT molecular complexity index is 275. The van der Waals surface area contributed by atoms with Gasteiger partial charge in [0.05, 0.1) is 0 Å². The van der Waals surface area contributed by atoms with E-state index in [1.807, 2.05) is 6.07 Å². The highest BCUT2D eigenvalue weighted by Gasteiger charge is 2.17. The summed E-state index contributed by atoms with van der Waals surface area (Å²) in [7, 11) is 0. The Kier molecular flexibility index (Phi) is 1.40. The third kappa shape index (κ3) is 0.914. The van der Waals surface area contributed by atoms with Gasteiger partial charge in [0.2, 0.25) is 6.79 Å². The molecule has 11 heavy (non-hydrogen) atoms. The van der Waals surface area contributed by atoms with Gasteiger partial charge in [0.15, 0.2) is 5.75 Å². The second-order valence-corrected chi connectivity index (χ2v) is 2.22. The molecule has 4 heteroatoms. The van der Waals surface area contributed by atoms with Crippen molar-refractivity contribution in [1.82, 2.24) is 4.98 Å². The Morgan fingerprint density at radius 1 is 1.55 bits per heavy atom. The molecule has 0 aromatic carbocycles. The average Bonchev–Trinajstić information content (AvgIpc) is 2.50. The SMILES string of the molecule is NCc1ccnc2c1OCO2. The van der Waals surface area contributed by atoms with Crippen molar-refractivity contribution >= 4 is 0 Å². The first-order chi connectivity index (χ1) is 5.42. The number of fused-ring (bicyclic) bond motifs is 1. The van der Waals surface area contributed by atoms with E-state index >= 15 is 0 Å². The molecule has 1 aromatic heterocycles. The van der Waals surface area contributed by atoms with Crippen LogP contribution in [0.5, 0.6) is 11.6 Å². The summed E-state index contributed by atoms with van der Waals surface area (Å²) in [5.74, 6) is 1.24. The van der Waals surface area contributed by atoms with Crippen LogP contribution in [0.4, 0.5) is 0 Å². The number of nitrogens with zero attached hydrogens (tertiary/aromatic N) is 1. The predicted molar refractivity (Wildman–Crippen MR) is 38.3 cm³/mol. The van der Waals surface area contributed by atoms with Gasteiger partial charge in [-0.25, -0.2) is 4.98 Å². The van der Waals surface area contributed by atoms with Crippen LogP contribution in [0.15, 0.2) is 12.3 Å². The molecule has 2 heterocycles. The van der Waals surface area contributed by atoms with Crippen molar-refractivity contribution in [3.05, 3.63) is 17.8 Å². The molecule has 0 atom stereocenters. The lowest BCUT2D eigenvalue weighted by atomic mass is 10.2. The topological polar surface area (TPSA) is 57.4 Å². The van der Waals surface area contributed by atoms with Gasteiger partial charge in [-0.2, -0.15) is 0 Å². The fraction of sp³-hybridized carbons (Fsp3) is 0.286. The summed E-state index contributed by atoms with van der Waals surface area (Å²) in [5.41, 5.74) is 6.40. The largest absolute Gasteiger partial charge is 0.451 e. The summed E-state index contributed by atoms with van der Waals surface area (Å²) in [6.07, 6.45) is 1.66. The summed E-state index contributed by atoms with van der Waals surface area (Å²) >= 11 is 0. The van der Waals surface area contributed by atoms with Crippen LogP contribution in [0, 0.1) is 0 Å². The van der Waals surface area contributed by atoms with E-state index in [9.17, 15) is 0 Å². The first kappa shape index (κ1) is 6.42. The minimum Gasteiger partial charge on any atom is -0.451 e. The number of nitrogens with two attached hydrogens (primary N) is 1. The minimum absolute atomic E-state index is 0.249. The lowest BCUT2D eigenvalue weighted by Gasteiger charge is -1.99. The third-order valence-corrected chi connectivity index (χ3v) is 1.57. The molecular formula is C7H8N2O2. The van der Waals surface area contributed by atoms with Crippen molar-refractivity contribution in [3.8, 4) is 11.6 Å².